The van der Waals surface area contributed by atoms with Crippen LogP contribution in [0.25, 0.3) is 0 Å². The number of hydrazine groups is 1. The van der Waals surface area contributed by atoms with Crippen LogP contribution in [-0.4, -0.2) is 6.04 Å². The fraction of sp³-hybridized carbons (Fsp3) is 1.00. The van der Waals surface area contributed by atoms with Crippen LogP contribution in [0, 0.1) is 5.41 Å². The minimum Gasteiger partial charge on any atom is -0.271 e. The van der Waals surface area contributed by atoms with E-state index in [9.17, 15) is 0 Å². The van der Waals surface area contributed by atoms with Gasteiger partial charge in [-0.15, -0.1) is 0 Å². The molecule has 0 heterocycles. The van der Waals surface area contributed by atoms with Crippen molar-refractivity contribution in [2.75, 3.05) is 0 Å². The van der Waals surface area contributed by atoms with Crippen molar-refractivity contribution in [2.45, 2.75) is 91.5 Å². The van der Waals surface area contributed by atoms with E-state index in [0.29, 0.717) is 11.5 Å². The lowest BCUT2D eigenvalue weighted by Crippen LogP contribution is -2.37. The normalized spacial score (nSPS) is 13.9. The molecule has 2 heteroatoms. The molecule has 1 atom stereocenters. The van der Waals surface area contributed by atoms with Crippen LogP contribution in [-0.2, 0) is 0 Å². The van der Waals surface area contributed by atoms with Gasteiger partial charge in [0.25, 0.3) is 0 Å². The molecule has 3 N–H and O–H groups in total. The summed E-state index contributed by atoms with van der Waals surface area (Å²) in [7, 11) is 0. The fourth-order valence-corrected chi connectivity index (χ4v) is 2.33. The van der Waals surface area contributed by atoms with Gasteiger partial charge in [0.1, 0.15) is 0 Å². The van der Waals surface area contributed by atoms with E-state index in [1.807, 2.05) is 0 Å². The molecule has 0 saturated heterocycles. The zero-order valence-corrected chi connectivity index (χ0v) is 12.5. The first-order valence-corrected chi connectivity index (χ1v) is 7.45. The molecule has 0 rings (SSSR count). The molecular formula is C15H34N2. The highest BCUT2D eigenvalue weighted by atomic mass is 15.2. The van der Waals surface area contributed by atoms with Gasteiger partial charge in [-0.25, -0.2) is 0 Å². The minimum atomic E-state index is 0.373. The van der Waals surface area contributed by atoms with E-state index >= 15 is 0 Å². The molecule has 0 aliphatic rings. The Bertz CT molecular complexity index is 161. The first kappa shape index (κ1) is 16.9. The van der Waals surface area contributed by atoms with Crippen LogP contribution in [0.5, 0.6) is 0 Å². The van der Waals surface area contributed by atoms with Crippen molar-refractivity contribution < 1.29 is 0 Å². The van der Waals surface area contributed by atoms with E-state index in [0.717, 1.165) is 0 Å². The van der Waals surface area contributed by atoms with Gasteiger partial charge >= 0.3 is 0 Å². The first-order valence-electron chi connectivity index (χ1n) is 7.45. The van der Waals surface area contributed by atoms with Crippen molar-refractivity contribution in [1.29, 1.82) is 0 Å². The van der Waals surface area contributed by atoms with Crippen molar-refractivity contribution in [2.24, 2.45) is 11.3 Å². The molecule has 0 aromatic heterocycles. The van der Waals surface area contributed by atoms with Gasteiger partial charge in [-0.1, -0.05) is 72.6 Å². The summed E-state index contributed by atoms with van der Waals surface area (Å²) in [5.74, 6) is 5.61. The summed E-state index contributed by atoms with van der Waals surface area (Å²) in [6.45, 7) is 9.11. The third-order valence-corrected chi connectivity index (χ3v) is 3.25. The van der Waals surface area contributed by atoms with Crippen molar-refractivity contribution >= 4 is 0 Å². The van der Waals surface area contributed by atoms with E-state index in [2.05, 4.69) is 33.1 Å². The van der Waals surface area contributed by atoms with Gasteiger partial charge in [-0.05, 0) is 18.3 Å². The third kappa shape index (κ3) is 12.2. The number of nitrogens with two attached hydrogens (primary N) is 1. The Kier molecular flexibility index (Phi) is 9.85. The Labute approximate surface area is 109 Å². The highest BCUT2D eigenvalue weighted by Gasteiger charge is 2.17. The number of hydrogen-bond acceptors (Lipinski definition) is 2. The Morgan fingerprint density at radius 3 is 1.94 bits per heavy atom. The minimum absolute atomic E-state index is 0.373. The lowest BCUT2D eigenvalue weighted by molar-refractivity contribution is 0.295. The van der Waals surface area contributed by atoms with Crippen molar-refractivity contribution in [3.8, 4) is 0 Å². The predicted molar refractivity (Wildman–Crippen MR) is 77.8 cm³/mol. The van der Waals surface area contributed by atoms with Crippen LogP contribution < -0.4 is 11.3 Å². The van der Waals surface area contributed by atoms with Gasteiger partial charge in [0, 0.05) is 6.04 Å². The van der Waals surface area contributed by atoms with E-state index in [4.69, 9.17) is 5.84 Å². The predicted octanol–water partition coefficient (Wildman–Crippen LogP) is 4.40. The van der Waals surface area contributed by atoms with Gasteiger partial charge in [0.05, 0.1) is 0 Å². The molecule has 0 amide bonds. The van der Waals surface area contributed by atoms with Crippen LogP contribution in [0.3, 0.4) is 0 Å². The second-order valence-electron chi connectivity index (χ2n) is 6.54. The van der Waals surface area contributed by atoms with Crippen molar-refractivity contribution in [1.82, 2.24) is 5.43 Å². The molecule has 0 radical (unpaired) electrons. The van der Waals surface area contributed by atoms with Crippen molar-refractivity contribution in [3.05, 3.63) is 0 Å². The second kappa shape index (κ2) is 9.90. The highest BCUT2D eigenvalue weighted by molar-refractivity contribution is 4.72. The van der Waals surface area contributed by atoms with Crippen LogP contribution in [0.4, 0.5) is 0 Å². The van der Waals surface area contributed by atoms with Crippen molar-refractivity contribution in [3.63, 3.8) is 0 Å². The van der Waals surface area contributed by atoms with Gasteiger partial charge < -0.3 is 0 Å². The zero-order valence-electron chi connectivity index (χ0n) is 12.5. The standard InChI is InChI=1S/C15H34N2/c1-5-6-7-8-9-10-11-12-14(17-16)13-15(2,3)4/h14,17H,5-13,16H2,1-4H3. The monoisotopic (exact) mass is 242 g/mol. The lowest BCUT2D eigenvalue weighted by Gasteiger charge is -2.25. The van der Waals surface area contributed by atoms with Gasteiger partial charge in [-0.3, -0.25) is 11.3 Å². The summed E-state index contributed by atoms with van der Waals surface area (Å²) in [5, 5.41) is 0. The summed E-state index contributed by atoms with van der Waals surface area (Å²) >= 11 is 0. The van der Waals surface area contributed by atoms with E-state index in [1.54, 1.807) is 0 Å². The number of rotatable bonds is 10. The molecule has 0 spiro atoms. The SMILES string of the molecule is CCCCCCCCCC(CC(C)(C)C)NN. The lowest BCUT2D eigenvalue weighted by atomic mass is 9.86. The molecule has 0 bridgehead atoms. The van der Waals surface area contributed by atoms with Gasteiger partial charge in [0.15, 0.2) is 0 Å². The zero-order chi connectivity index (χ0) is 13.1. The number of nitrogens with one attached hydrogen (secondary N) is 1. The van der Waals surface area contributed by atoms with Crippen LogP contribution in [0.2, 0.25) is 0 Å². The average Bonchev–Trinajstić information content (AvgIpc) is 2.24. The Balaban J connectivity index is 3.44. The Morgan fingerprint density at radius 1 is 0.941 bits per heavy atom. The molecule has 17 heavy (non-hydrogen) atoms. The molecule has 0 aliphatic carbocycles. The molecule has 0 aromatic rings. The molecule has 1 unspecified atom stereocenters. The molecule has 2 nitrogen and oxygen atoms in total. The number of hydrogen-bond donors (Lipinski definition) is 2. The molecule has 0 saturated carbocycles. The van der Waals surface area contributed by atoms with Gasteiger partial charge in [0.2, 0.25) is 0 Å². The van der Waals surface area contributed by atoms with Crippen LogP contribution in [0.15, 0.2) is 0 Å². The highest BCUT2D eigenvalue weighted by Crippen LogP contribution is 2.23. The fourth-order valence-electron chi connectivity index (χ4n) is 2.33. The second-order valence-corrected chi connectivity index (χ2v) is 6.54. The molecular weight excluding hydrogens is 208 g/mol. The summed E-state index contributed by atoms with van der Waals surface area (Å²) < 4.78 is 0. The maximum atomic E-state index is 5.61. The topological polar surface area (TPSA) is 38.0 Å². The van der Waals surface area contributed by atoms with E-state index < -0.39 is 0 Å². The molecule has 0 fully saturated rings. The first-order chi connectivity index (χ1) is 7.99. The largest absolute Gasteiger partial charge is 0.271 e. The summed E-state index contributed by atoms with van der Waals surface area (Å²) in [4.78, 5) is 0. The van der Waals surface area contributed by atoms with Crippen LogP contribution in [0.1, 0.15) is 85.5 Å². The number of unbranched alkanes of at least 4 members (excludes halogenated alkanes) is 6. The summed E-state index contributed by atoms with van der Waals surface area (Å²) in [6, 6.07) is 0.491. The Morgan fingerprint density at radius 2 is 1.47 bits per heavy atom. The molecule has 0 aliphatic heterocycles. The average molecular weight is 242 g/mol. The van der Waals surface area contributed by atoms with Crippen LogP contribution >= 0.6 is 0 Å². The quantitative estimate of drug-likeness (QED) is 0.338. The van der Waals surface area contributed by atoms with E-state index in [-0.39, 0.29) is 0 Å². The molecule has 0 aromatic carbocycles. The van der Waals surface area contributed by atoms with E-state index in [1.165, 1.54) is 57.8 Å². The smallest absolute Gasteiger partial charge is 0.0215 e. The summed E-state index contributed by atoms with van der Waals surface area (Å²) in [5.41, 5.74) is 3.34. The Hall–Kier alpha value is -0.0800. The third-order valence-electron chi connectivity index (χ3n) is 3.25. The summed E-state index contributed by atoms with van der Waals surface area (Å²) in [6.07, 6.45) is 12.0. The maximum absolute atomic E-state index is 5.61. The van der Waals surface area contributed by atoms with Gasteiger partial charge in [-0.2, -0.15) is 0 Å². The molecule has 104 valence electrons. The maximum Gasteiger partial charge on any atom is 0.0215 e.